The van der Waals surface area contributed by atoms with Gasteiger partial charge >= 0.3 is 0 Å². The van der Waals surface area contributed by atoms with E-state index >= 15 is 0 Å². The number of hydrogen-bond acceptors (Lipinski definition) is 12. The summed E-state index contributed by atoms with van der Waals surface area (Å²) in [7, 11) is 0. The van der Waals surface area contributed by atoms with Crippen molar-refractivity contribution in [2.24, 2.45) is 17.6 Å². The maximum absolute atomic E-state index is 13.3. The summed E-state index contributed by atoms with van der Waals surface area (Å²) in [5, 5.41) is 25.4. The lowest BCUT2D eigenvalue weighted by molar-refractivity contribution is -0.136. The fourth-order valence-electron chi connectivity index (χ4n) is 9.45. The lowest BCUT2D eigenvalue weighted by Crippen LogP contribution is -2.54. The zero-order valence-corrected chi connectivity index (χ0v) is 34.3. The summed E-state index contributed by atoms with van der Waals surface area (Å²) in [4.78, 5) is 66.4. The number of benzene rings is 3. The quantitative estimate of drug-likeness (QED) is 0.0541. The largest absolute Gasteiger partial charge is 0.457 e. The molecule has 15 heteroatoms. The van der Waals surface area contributed by atoms with Gasteiger partial charge in [0.25, 0.3) is 17.7 Å². The Morgan fingerprint density at radius 3 is 2.26 bits per heavy atom. The molecule has 8 rings (SSSR count). The van der Waals surface area contributed by atoms with E-state index in [9.17, 15) is 24.0 Å². The molecule has 3 aromatic carbocycles. The van der Waals surface area contributed by atoms with Gasteiger partial charge in [-0.05, 0) is 124 Å². The summed E-state index contributed by atoms with van der Waals surface area (Å²) in [6.07, 6.45) is 7.51. The van der Waals surface area contributed by atoms with Gasteiger partial charge in [-0.15, -0.1) is 0 Å². The van der Waals surface area contributed by atoms with Crippen molar-refractivity contribution < 1.29 is 28.7 Å². The number of ether oxygens (including phenoxy) is 1. The van der Waals surface area contributed by atoms with E-state index in [1.165, 1.54) is 0 Å². The van der Waals surface area contributed by atoms with Crippen LogP contribution in [0.15, 0.2) is 84.2 Å². The molecular weight excluding hydrogens is 775 g/mol. The summed E-state index contributed by atoms with van der Waals surface area (Å²) in [6.45, 7) is 5.12. The molecule has 1 unspecified atom stereocenters. The number of amides is 5. The number of carbonyl (C=O) groups excluding carboxylic acids is 5. The van der Waals surface area contributed by atoms with Gasteiger partial charge in [-0.25, -0.2) is 0 Å². The van der Waals surface area contributed by atoms with Crippen LogP contribution in [0.3, 0.4) is 0 Å². The predicted octanol–water partition coefficient (Wildman–Crippen LogP) is 3.55. The second kappa shape index (κ2) is 18.7. The second-order valence-corrected chi connectivity index (χ2v) is 16.8. The van der Waals surface area contributed by atoms with Crippen LogP contribution in [0.25, 0.3) is 0 Å². The van der Waals surface area contributed by atoms with Crippen molar-refractivity contribution in [2.45, 2.75) is 75.9 Å². The van der Waals surface area contributed by atoms with Gasteiger partial charge in [0, 0.05) is 62.5 Å². The molecule has 0 spiro atoms. The summed E-state index contributed by atoms with van der Waals surface area (Å²) >= 11 is 0. The molecule has 0 radical (unpaired) electrons. The van der Waals surface area contributed by atoms with Crippen LogP contribution >= 0.6 is 0 Å². The fraction of sp³-hybridized carbons (Fsp3) is 0.435. The first kappa shape index (κ1) is 41.7. The summed E-state index contributed by atoms with van der Waals surface area (Å²) in [5.41, 5.74) is 8.19. The molecule has 4 heterocycles. The predicted molar refractivity (Wildman–Crippen MR) is 230 cm³/mol. The van der Waals surface area contributed by atoms with Crippen LogP contribution < -0.4 is 42.0 Å². The molecule has 1 aliphatic carbocycles. The van der Waals surface area contributed by atoms with Crippen LogP contribution in [0.1, 0.15) is 84.1 Å². The Kier molecular flexibility index (Phi) is 12.8. The molecule has 15 nitrogen and oxygen atoms in total. The smallest absolute Gasteiger partial charge is 0.262 e. The number of hydrogen-bond donors (Lipinski definition) is 7. The Balaban J connectivity index is 0.739. The zero-order chi connectivity index (χ0) is 42.5. The SMILES string of the molecule is N=C(/C(C(N)=O)=C1/NCC[C@@H](C2CCC(NCCNCC3CCN(c4ccc5c(c4)C(=O)N(C4CCC(=O)NC4=O)C5=O)CC3)CC2)N1)c1ccc(Oc2ccccc2)cc1. The third-order valence-corrected chi connectivity index (χ3v) is 12.9. The minimum atomic E-state index is -0.969. The summed E-state index contributed by atoms with van der Waals surface area (Å²) in [6, 6.07) is 21.6. The highest BCUT2D eigenvalue weighted by molar-refractivity contribution is 6.27. The molecule has 2 atom stereocenters. The number of para-hydroxylation sites is 1. The van der Waals surface area contributed by atoms with Crippen LogP contribution in [-0.4, -0.2) is 97.5 Å². The molecule has 3 saturated heterocycles. The third kappa shape index (κ3) is 9.47. The van der Waals surface area contributed by atoms with E-state index in [0.29, 0.717) is 52.7 Å². The Morgan fingerprint density at radius 1 is 0.820 bits per heavy atom. The Morgan fingerprint density at radius 2 is 1.54 bits per heavy atom. The van der Waals surface area contributed by atoms with Crippen molar-refractivity contribution in [3.63, 3.8) is 0 Å². The van der Waals surface area contributed by atoms with Gasteiger partial charge in [-0.3, -0.25) is 39.6 Å². The maximum atomic E-state index is 13.3. The van der Waals surface area contributed by atoms with Crippen LogP contribution in [0.5, 0.6) is 11.5 Å². The summed E-state index contributed by atoms with van der Waals surface area (Å²) < 4.78 is 5.89. The average Bonchev–Trinajstić information content (AvgIpc) is 3.52. The molecule has 4 fully saturated rings. The van der Waals surface area contributed by atoms with E-state index in [0.717, 1.165) is 94.0 Å². The van der Waals surface area contributed by atoms with E-state index in [-0.39, 0.29) is 30.2 Å². The van der Waals surface area contributed by atoms with Crippen LogP contribution in [-0.2, 0) is 14.4 Å². The Hall–Kier alpha value is -6.06. The number of imide groups is 2. The Labute approximate surface area is 355 Å². The molecule has 3 aromatic rings. The first-order chi connectivity index (χ1) is 29.6. The van der Waals surface area contributed by atoms with Gasteiger partial charge in [-0.2, -0.15) is 0 Å². The van der Waals surface area contributed by atoms with Crippen LogP contribution in [0.2, 0.25) is 0 Å². The molecule has 5 aliphatic rings. The third-order valence-electron chi connectivity index (χ3n) is 12.9. The number of anilines is 1. The van der Waals surface area contributed by atoms with Crippen molar-refractivity contribution >= 4 is 40.9 Å². The summed E-state index contributed by atoms with van der Waals surface area (Å²) in [5.74, 6) is 0.292. The minimum absolute atomic E-state index is 0.0672. The Bertz CT molecular complexity index is 2180. The highest BCUT2D eigenvalue weighted by atomic mass is 16.5. The first-order valence-electron chi connectivity index (χ1n) is 21.6. The van der Waals surface area contributed by atoms with E-state index in [4.69, 9.17) is 15.9 Å². The molecule has 0 bridgehead atoms. The number of nitrogens with zero attached hydrogens (tertiary/aromatic N) is 2. The maximum Gasteiger partial charge on any atom is 0.262 e. The second-order valence-electron chi connectivity index (χ2n) is 16.8. The molecule has 320 valence electrons. The highest BCUT2D eigenvalue weighted by Gasteiger charge is 2.45. The fourth-order valence-corrected chi connectivity index (χ4v) is 9.45. The molecule has 4 aliphatic heterocycles. The van der Waals surface area contributed by atoms with Gasteiger partial charge in [0.15, 0.2) is 0 Å². The van der Waals surface area contributed by atoms with Gasteiger partial charge in [0.2, 0.25) is 11.8 Å². The van der Waals surface area contributed by atoms with Gasteiger partial charge in [-0.1, -0.05) is 18.2 Å². The van der Waals surface area contributed by atoms with Crippen molar-refractivity contribution in [1.29, 1.82) is 5.41 Å². The van der Waals surface area contributed by atoms with Crippen molar-refractivity contribution in [3.05, 3.63) is 101 Å². The molecule has 5 amide bonds. The van der Waals surface area contributed by atoms with Crippen molar-refractivity contribution in [1.82, 2.24) is 31.5 Å². The number of nitrogens with two attached hydrogens (primary N) is 1. The van der Waals surface area contributed by atoms with Gasteiger partial charge < -0.3 is 36.6 Å². The molecule has 1 saturated carbocycles. The number of primary amides is 1. The van der Waals surface area contributed by atoms with Crippen LogP contribution in [0.4, 0.5) is 5.69 Å². The first-order valence-corrected chi connectivity index (χ1v) is 21.6. The minimum Gasteiger partial charge on any atom is -0.457 e. The van der Waals surface area contributed by atoms with E-state index in [2.05, 4.69) is 31.5 Å². The molecule has 8 N–H and O–H groups in total. The number of carbonyl (C=O) groups is 5. The molecule has 0 aromatic heterocycles. The molecule has 61 heavy (non-hydrogen) atoms. The number of nitrogens with one attached hydrogen (secondary N) is 6. The zero-order valence-electron chi connectivity index (χ0n) is 34.3. The van der Waals surface area contributed by atoms with Crippen molar-refractivity contribution in [3.8, 4) is 11.5 Å². The van der Waals surface area contributed by atoms with Crippen LogP contribution in [0, 0.1) is 17.2 Å². The van der Waals surface area contributed by atoms with Crippen molar-refractivity contribution in [2.75, 3.05) is 44.2 Å². The number of piperidine rings is 2. The number of fused-ring (bicyclic) bond motifs is 1. The lowest BCUT2D eigenvalue weighted by Gasteiger charge is -2.39. The van der Waals surface area contributed by atoms with E-state index < -0.39 is 35.6 Å². The van der Waals surface area contributed by atoms with E-state index in [1.807, 2.05) is 36.4 Å². The van der Waals surface area contributed by atoms with Gasteiger partial charge in [0.1, 0.15) is 28.9 Å². The number of rotatable bonds is 14. The van der Waals surface area contributed by atoms with Gasteiger partial charge in [0.05, 0.1) is 16.8 Å². The monoisotopic (exact) mass is 829 g/mol. The highest BCUT2D eigenvalue weighted by Crippen LogP contribution is 2.33. The molecular formula is C46H55N9O6. The standard InChI is InChI=1S/C46H55N9O6/c47-41(30-8-13-34(14-9-30)61-33-4-2-1-3-5-33)40(42(48)57)43-51-21-18-37(52-43)29-6-10-31(11-7-29)50-23-22-49-27-28-19-24-54(25-20-28)32-12-15-35-36(26-32)46(60)55(45(35)59)38-16-17-39(56)53-44(38)58/h1-5,8-9,12-15,26,28-29,31,37-38,47,49-52H,6-7,10-11,16-25,27H2,(H2,48,57)(H,53,56,58)/b43-40+,47-41?/t29?,31?,37-,38?/m0/s1. The lowest BCUT2D eigenvalue weighted by atomic mass is 9.80. The van der Waals surface area contributed by atoms with E-state index in [1.54, 1.807) is 36.4 Å². The normalized spacial score (nSPS) is 24.1. The topological polar surface area (TPSA) is 211 Å². The average molecular weight is 830 g/mol.